The largest absolute Gasteiger partial charge is 0.302 e. The van der Waals surface area contributed by atoms with E-state index in [1.165, 1.54) is 41.7 Å². The molecule has 1 aromatic heterocycles. The molecule has 12 heteroatoms. The third-order valence-electron chi connectivity index (χ3n) is 5.62. The normalized spacial score (nSPS) is 12.0. The third kappa shape index (κ3) is 6.59. The van der Waals surface area contributed by atoms with Crippen LogP contribution in [0.1, 0.15) is 31.1 Å². The zero-order valence-corrected chi connectivity index (χ0v) is 23.4. The van der Waals surface area contributed by atoms with Gasteiger partial charge in [0, 0.05) is 24.9 Å². The summed E-state index contributed by atoms with van der Waals surface area (Å²) >= 11 is 1.25. The highest BCUT2D eigenvalue weighted by Gasteiger charge is 2.24. The van der Waals surface area contributed by atoms with Crippen molar-refractivity contribution in [2.75, 3.05) is 43.1 Å². The van der Waals surface area contributed by atoms with E-state index in [1.807, 2.05) is 13.8 Å². The van der Waals surface area contributed by atoms with Crippen molar-refractivity contribution in [2.24, 2.45) is 0 Å². The molecule has 192 valence electrons. The molecule has 0 aliphatic heterocycles. The molecule has 0 atom stereocenters. The van der Waals surface area contributed by atoms with Gasteiger partial charge < -0.3 is 4.90 Å². The fourth-order valence-corrected chi connectivity index (χ4v) is 6.32. The number of para-hydroxylation sites is 1. The number of anilines is 1. The lowest BCUT2D eigenvalue weighted by atomic mass is 10.2. The van der Waals surface area contributed by atoms with Gasteiger partial charge in [-0.1, -0.05) is 38.2 Å². The number of halogens is 1. The highest BCUT2D eigenvalue weighted by atomic mass is 35.5. The zero-order chi connectivity index (χ0) is 25.1. The number of fused-ring (bicyclic) bond motifs is 1. The maximum absolute atomic E-state index is 13.5. The highest BCUT2D eigenvalue weighted by Crippen LogP contribution is 2.33. The molecule has 0 spiro atoms. The first-order valence-electron chi connectivity index (χ1n) is 11.0. The van der Waals surface area contributed by atoms with Crippen LogP contribution in [-0.4, -0.2) is 70.8 Å². The van der Waals surface area contributed by atoms with Crippen molar-refractivity contribution in [1.82, 2.24) is 9.88 Å². The van der Waals surface area contributed by atoms with Crippen molar-refractivity contribution < 1.29 is 21.6 Å². The molecule has 0 aliphatic carbocycles. The highest BCUT2D eigenvalue weighted by molar-refractivity contribution is 7.91. The topological polar surface area (TPSA) is 105 Å². The second-order valence-corrected chi connectivity index (χ2v) is 13.1. The Hall–Kier alpha value is -2.05. The predicted molar refractivity (Wildman–Crippen MR) is 144 cm³/mol. The van der Waals surface area contributed by atoms with Gasteiger partial charge in [-0.25, -0.2) is 21.8 Å². The summed E-state index contributed by atoms with van der Waals surface area (Å²) in [4.78, 5) is 22.1. The van der Waals surface area contributed by atoms with E-state index in [1.54, 1.807) is 24.0 Å². The first-order valence-corrected chi connectivity index (χ1v) is 15.3. The van der Waals surface area contributed by atoms with Crippen LogP contribution in [0.4, 0.5) is 5.13 Å². The number of benzene rings is 2. The van der Waals surface area contributed by atoms with Crippen LogP contribution < -0.4 is 4.90 Å². The number of rotatable bonds is 10. The second kappa shape index (κ2) is 11.8. The van der Waals surface area contributed by atoms with E-state index in [2.05, 4.69) is 9.88 Å². The van der Waals surface area contributed by atoms with E-state index in [-0.39, 0.29) is 33.9 Å². The fourth-order valence-electron chi connectivity index (χ4n) is 3.52. The Labute approximate surface area is 217 Å². The molecule has 3 aromatic rings. The standard InChI is InChI=1S/C23H29N3O5S3.ClH/c1-5-25(6-2)15-16-26(22(27)17-11-13-18(14-12-17)34(30,31)7-3)23-24-21-19(32-23)9-8-10-20(21)33(4,28)29;/h8-14H,5-7,15-16H2,1-4H3;1H. The van der Waals surface area contributed by atoms with E-state index in [9.17, 15) is 21.6 Å². The third-order valence-corrected chi connectivity index (χ3v) is 9.54. The van der Waals surface area contributed by atoms with Gasteiger partial charge in [0.05, 0.1) is 20.2 Å². The van der Waals surface area contributed by atoms with Crippen molar-refractivity contribution in [3.8, 4) is 0 Å². The van der Waals surface area contributed by atoms with Crippen LogP contribution in [0.25, 0.3) is 10.2 Å². The lowest BCUT2D eigenvalue weighted by molar-refractivity contribution is 0.0983. The van der Waals surface area contributed by atoms with Gasteiger partial charge in [-0.3, -0.25) is 9.69 Å². The fraction of sp³-hybridized carbons (Fsp3) is 0.391. The van der Waals surface area contributed by atoms with Crippen LogP contribution >= 0.6 is 23.7 Å². The number of carbonyl (C=O) groups is 1. The number of hydrogen-bond acceptors (Lipinski definition) is 8. The summed E-state index contributed by atoms with van der Waals surface area (Å²) in [6.07, 6.45) is 1.13. The molecule has 0 saturated carbocycles. The number of thiazole rings is 1. The van der Waals surface area contributed by atoms with Gasteiger partial charge in [0.15, 0.2) is 24.8 Å². The Morgan fingerprint density at radius 3 is 2.11 bits per heavy atom. The number of nitrogens with zero attached hydrogens (tertiary/aromatic N) is 3. The number of amides is 1. The summed E-state index contributed by atoms with van der Waals surface area (Å²) < 4.78 is 49.4. The molecule has 35 heavy (non-hydrogen) atoms. The van der Waals surface area contributed by atoms with Gasteiger partial charge in [-0.05, 0) is 49.5 Å². The molecule has 8 nitrogen and oxygen atoms in total. The monoisotopic (exact) mass is 559 g/mol. The van der Waals surface area contributed by atoms with Gasteiger partial charge in [-0.2, -0.15) is 0 Å². The summed E-state index contributed by atoms with van der Waals surface area (Å²) in [7, 11) is -6.87. The summed E-state index contributed by atoms with van der Waals surface area (Å²) in [5.74, 6) is -0.349. The number of hydrogen-bond donors (Lipinski definition) is 0. The Balaban J connectivity index is 0.00000432. The maximum Gasteiger partial charge on any atom is 0.260 e. The molecule has 1 amide bonds. The van der Waals surface area contributed by atoms with Gasteiger partial charge in [0.2, 0.25) is 0 Å². The minimum absolute atomic E-state index is 0. The van der Waals surface area contributed by atoms with Crippen molar-refractivity contribution >= 4 is 64.7 Å². The Bertz CT molecular complexity index is 1380. The van der Waals surface area contributed by atoms with E-state index < -0.39 is 19.7 Å². The average molecular weight is 560 g/mol. The van der Waals surface area contributed by atoms with Gasteiger partial charge >= 0.3 is 0 Å². The summed E-state index contributed by atoms with van der Waals surface area (Å²) in [5.41, 5.74) is 0.673. The second-order valence-electron chi connectivity index (χ2n) is 7.78. The van der Waals surface area contributed by atoms with Crippen LogP contribution in [0.5, 0.6) is 0 Å². The summed E-state index contributed by atoms with van der Waals surface area (Å²) in [6.45, 7) is 8.25. The Kier molecular flexibility index (Phi) is 9.83. The zero-order valence-electron chi connectivity index (χ0n) is 20.1. The molecule has 1 heterocycles. The van der Waals surface area contributed by atoms with Crippen LogP contribution in [0.15, 0.2) is 52.3 Å². The average Bonchev–Trinajstić information content (AvgIpc) is 3.25. The first-order chi connectivity index (χ1) is 16.0. The maximum atomic E-state index is 13.5. The Morgan fingerprint density at radius 1 is 0.943 bits per heavy atom. The van der Waals surface area contributed by atoms with E-state index in [0.29, 0.717) is 34.0 Å². The molecule has 0 unspecified atom stereocenters. The quantitative estimate of drug-likeness (QED) is 0.371. The van der Waals surface area contributed by atoms with E-state index in [4.69, 9.17) is 0 Å². The SMILES string of the molecule is CCN(CC)CCN(C(=O)c1ccc(S(=O)(=O)CC)cc1)c1nc2c(S(C)(=O)=O)cccc2s1.Cl. The van der Waals surface area contributed by atoms with Crippen molar-refractivity contribution in [1.29, 1.82) is 0 Å². The number of likely N-dealkylation sites (N-methyl/N-ethyl adjacent to an activating group) is 1. The molecule has 0 fully saturated rings. The molecule has 0 saturated heterocycles. The van der Waals surface area contributed by atoms with Crippen LogP contribution in [-0.2, 0) is 19.7 Å². The van der Waals surface area contributed by atoms with E-state index in [0.717, 1.165) is 19.3 Å². The molecule has 0 N–H and O–H groups in total. The lowest BCUT2D eigenvalue weighted by Crippen LogP contribution is -2.38. The Morgan fingerprint density at radius 2 is 1.57 bits per heavy atom. The number of carbonyl (C=O) groups excluding carboxylic acids is 1. The van der Waals surface area contributed by atoms with Crippen LogP contribution in [0, 0.1) is 0 Å². The number of aromatic nitrogens is 1. The molecular weight excluding hydrogens is 530 g/mol. The van der Waals surface area contributed by atoms with Crippen molar-refractivity contribution in [2.45, 2.75) is 30.6 Å². The minimum Gasteiger partial charge on any atom is -0.302 e. The van der Waals surface area contributed by atoms with Crippen molar-refractivity contribution in [3.63, 3.8) is 0 Å². The minimum atomic E-state index is -3.49. The molecular formula is C23H30ClN3O5S3. The van der Waals surface area contributed by atoms with Crippen LogP contribution in [0.2, 0.25) is 0 Å². The smallest absolute Gasteiger partial charge is 0.260 e. The molecule has 0 aliphatic rings. The predicted octanol–water partition coefficient (Wildman–Crippen LogP) is 3.90. The molecule has 3 rings (SSSR count). The van der Waals surface area contributed by atoms with Crippen molar-refractivity contribution in [3.05, 3.63) is 48.0 Å². The molecule has 2 aromatic carbocycles. The van der Waals surface area contributed by atoms with Crippen LogP contribution in [0.3, 0.4) is 0 Å². The van der Waals surface area contributed by atoms with Gasteiger partial charge in [0.1, 0.15) is 5.52 Å². The lowest BCUT2D eigenvalue weighted by Gasteiger charge is -2.24. The summed E-state index contributed by atoms with van der Waals surface area (Å²) in [6, 6.07) is 10.8. The first kappa shape index (κ1) is 29.2. The van der Waals surface area contributed by atoms with Gasteiger partial charge in [-0.15, -0.1) is 12.4 Å². The summed E-state index contributed by atoms with van der Waals surface area (Å²) in [5, 5.41) is 0.397. The number of sulfone groups is 2. The molecule has 0 bridgehead atoms. The van der Waals surface area contributed by atoms with Gasteiger partial charge in [0.25, 0.3) is 5.91 Å². The molecule has 0 radical (unpaired) electrons. The van der Waals surface area contributed by atoms with E-state index >= 15 is 0 Å².